The van der Waals surface area contributed by atoms with E-state index < -0.39 is 0 Å². The molecule has 1 aromatic carbocycles. The predicted octanol–water partition coefficient (Wildman–Crippen LogP) is 2.85. The smallest absolute Gasteiger partial charge is 0.142 e. The summed E-state index contributed by atoms with van der Waals surface area (Å²) in [4.78, 5) is 0. The summed E-state index contributed by atoms with van der Waals surface area (Å²) in [5.74, 6) is -0.383. The topological polar surface area (TPSA) is 26.0 Å². The van der Waals surface area contributed by atoms with E-state index in [0.29, 0.717) is 0 Å². The largest absolute Gasteiger partial charge is 0.321 e. The number of benzene rings is 1. The average Bonchev–Trinajstić information content (AvgIpc) is 2.75. The number of nitrogens with two attached hydrogens (primary N) is 1. The van der Waals surface area contributed by atoms with E-state index in [0.717, 1.165) is 18.4 Å². The first-order valence-electron chi connectivity index (χ1n) is 3.87. The van der Waals surface area contributed by atoms with Gasteiger partial charge in [0.25, 0.3) is 0 Å². The molecule has 0 heterocycles. The second kappa shape index (κ2) is 3.45. The van der Waals surface area contributed by atoms with Crippen LogP contribution in [0.5, 0.6) is 0 Å². The Bertz CT molecular complexity index is 323. The van der Waals surface area contributed by atoms with E-state index in [1.807, 2.05) is 0 Å². The second-order valence-electron chi connectivity index (χ2n) is 3.26. The molecule has 1 aliphatic rings. The van der Waals surface area contributed by atoms with Crippen LogP contribution in [0.4, 0.5) is 4.39 Å². The standard InChI is InChI=1S/C9H9ClFN.ClH/c10-8-6(9(12)4-5-9)2-1-3-7(8)11;/h1-3H,4-5,12H2;1H. The minimum absolute atomic E-state index is 0. The number of halogens is 3. The van der Waals surface area contributed by atoms with E-state index in [2.05, 4.69) is 0 Å². The molecule has 0 aliphatic heterocycles. The molecule has 2 N–H and O–H groups in total. The van der Waals surface area contributed by atoms with Gasteiger partial charge in [0, 0.05) is 5.54 Å². The Morgan fingerprint density at radius 1 is 1.38 bits per heavy atom. The maximum Gasteiger partial charge on any atom is 0.142 e. The van der Waals surface area contributed by atoms with Gasteiger partial charge in [0.1, 0.15) is 5.82 Å². The van der Waals surface area contributed by atoms with Gasteiger partial charge in [-0.2, -0.15) is 0 Å². The highest BCUT2D eigenvalue weighted by molar-refractivity contribution is 6.31. The Morgan fingerprint density at radius 2 is 2.00 bits per heavy atom. The van der Waals surface area contributed by atoms with Crippen molar-refractivity contribution in [2.45, 2.75) is 18.4 Å². The SMILES string of the molecule is Cl.NC1(c2cccc(F)c2Cl)CC1. The van der Waals surface area contributed by atoms with E-state index in [4.69, 9.17) is 17.3 Å². The lowest BCUT2D eigenvalue weighted by Gasteiger charge is -2.10. The van der Waals surface area contributed by atoms with E-state index in [-0.39, 0.29) is 28.8 Å². The van der Waals surface area contributed by atoms with Crippen LogP contribution in [0.3, 0.4) is 0 Å². The highest BCUT2D eigenvalue weighted by Crippen LogP contribution is 2.45. The molecule has 0 atom stereocenters. The van der Waals surface area contributed by atoms with E-state index in [1.54, 1.807) is 12.1 Å². The molecule has 0 radical (unpaired) electrons. The lowest BCUT2D eigenvalue weighted by Crippen LogP contribution is -2.19. The van der Waals surface area contributed by atoms with Crippen LogP contribution in [0, 0.1) is 5.82 Å². The molecule has 1 nitrogen and oxygen atoms in total. The summed E-state index contributed by atoms with van der Waals surface area (Å²) >= 11 is 5.76. The normalized spacial score (nSPS) is 17.8. The fourth-order valence-corrected chi connectivity index (χ4v) is 1.61. The maximum absolute atomic E-state index is 12.9. The van der Waals surface area contributed by atoms with Gasteiger partial charge in [0.2, 0.25) is 0 Å². The molecule has 72 valence electrons. The third kappa shape index (κ3) is 1.80. The lowest BCUT2D eigenvalue weighted by molar-refractivity contribution is 0.619. The van der Waals surface area contributed by atoms with Gasteiger partial charge < -0.3 is 5.73 Å². The van der Waals surface area contributed by atoms with Crippen molar-refractivity contribution < 1.29 is 4.39 Å². The molecule has 0 aromatic heterocycles. The first-order valence-corrected chi connectivity index (χ1v) is 4.25. The number of hydrogen-bond acceptors (Lipinski definition) is 1. The Balaban J connectivity index is 0.000000845. The zero-order valence-corrected chi connectivity index (χ0v) is 8.46. The minimum atomic E-state index is -0.383. The first kappa shape index (κ1) is 10.8. The van der Waals surface area contributed by atoms with Gasteiger partial charge in [0.05, 0.1) is 5.02 Å². The highest BCUT2D eigenvalue weighted by atomic mass is 35.5. The predicted molar refractivity (Wildman–Crippen MR) is 53.8 cm³/mol. The summed E-state index contributed by atoms with van der Waals surface area (Å²) in [5.41, 5.74) is 6.28. The number of hydrogen-bond donors (Lipinski definition) is 1. The van der Waals surface area contributed by atoms with Crippen LogP contribution in [-0.4, -0.2) is 0 Å². The average molecular weight is 222 g/mol. The van der Waals surface area contributed by atoms with Crippen molar-refractivity contribution in [3.05, 3.63) is 34.6 Å². The Morgan fingerprint density at radius 3 is 2.54 bits per heavy atom. The molecule has 0 bridgehead atoms. The third-order valence-corrected chi connectivity index (χ3v) is 2.66. The van der Waals surface area contributed by atoms with Gasteiger partial charge in [-0.1, -0.05) is 23.7 Å². The van der Waals surface area contributed by atoms with Crippen molar-refractivity contribution >= 4 is 24.0 Å². The molecule has 13 heavy (non-hydrogen) atoms. The first-order chi connectivity index (χ1) is 5.63. The molecule has 0 amide bonds. The van der Waals surface area contributed by atoms with Crippen molar-refractivity contribution in [2.24, 2.45) is 5.73 Å². The van der Waals surface area contributed by atoms with Crippen LogP contribution in [-0.2, 0) is 5.54 Å². The van der Waals surface area contributed by atoms with Crippen LogP contribution in [0.2, 0.25) is 5.02 Å². The molecule has 1 fully saturated rings. The summed E-state index contributed by atoms with van der Waals surface area (Å²) in [6.07, 6.45) is 1.80. The zero-order valence-electron chi connectivity index (χ0n) is 6.89. The highest BCUT2D eigenvalue weighted by Gasteiger charge is 2.41. The Labute approximate surface area is 87.5 Å². The van der Waals surface area contributed by atoms with Gasteiger partial charge in [-0.15, -0.1) is 12.4 Å². The molecule has 0 spiro atoms. The summed E-state index contributed by atoms with van der Waals surface area (Å²) in [6.45, 7) is 0. The monoisotopic (exact) mass is 221 g/mol. The molecule has 0 unspecified atom stereocenters. The minimum Gasteiger partial charge on any atom is -0.321 e. The van der Waals surface area contributed by atoms with Crippen LogP contribution < -0.4 is 5.73 Å². The van der Waals surface area contributed by atoms with Gasteiger partial charge in [-0.25, -0.2) is 4.39 Å². The molecule has 1 saturated carbocycles. The van der Waals surface area contributed by atoms with Gasteiger partial charge >= 0.3 is 0 Å². The van der Waals surface area contributed by atoms with Crippen molar-refractivity contribution in [1.82, 2.24) is 0 Å². The quantitative estimate of drug-likeness (QED) is 0.776. The molecular formula is C9H10Cl2FN. The maximum atomic E-state index is 12.9. The Hall–Kier alpha value is -0.310. The molecule has 4 heteroatoms. The Kier molecular flexibility index (Phi) is 2.85. The fourth-order valence-electron chi connectivity index (χ4n) is 1.29. The van der Waals surface area contributed by atoms with E-state index >= 15 is 0 Å². The summed E-state index contributed by atoms with van der Waals surface area (Å²) in [7, 11) is 0. The summed E-state index contributed by atoms with van der Waals surface area (Å²) < 4.78 is 12.9. The van der Waals surface area contributed by atoms with Gasteiger partial charge in [-0.05, 0) is 24.5 Å². The van der Waals surface area contributed by atoms with Crippen LogP contribution in [0.25, 0.3) is 0 Å². The summed E-state index contributed by atoms with van der Waals surface area (Å²) in [6, 6.07) is 4.78. The van der Waals surface area contributed by atoms with Crippen molar-refractivity contribution in [3.63, 3.8) is 0 Å². The lowest BCUT2D eigenvalue weighted by atomic mass is 10.1. The van der Waals surface area contributed by atoms with Crippen molar-refractivity contribution in [1.29, 1.82) is 0 Å². The van der Waals surface area contributed by atoms with Crippen LogP contribution in [0.1, 0.15) is 18.4 Å². The van der Waals surface area contributed by atoms with Gasteiger partial charge in [-0.3, -0.25) is 0 Å². The van der Waals surface area contributed by atoms with Gasteiger partial charge in [0.15, 0.2) is 0 Å². The van der Waals surface area contributed by atoms with Crippen LogP contribution >= 0.6 is 24.0 Å². The molecule has 0 saturated heterocycles. The number of rotatable bonds is 1. The summed E-state index contributed by atoms with van der Waals surface area (Å²) in [5, 5.41) is 0.178. The second-order valence-corrected chi connectivity index (χ2v) is 3.64. The molecular weight excluding hydrogens is 212 g/mol. The molecule has 2 rings (SSSR count). The van der Waals surface area contributed by atoms with Crippen molar-refractivity contribution in [3.8, 4) is 0 Å². The zero-order chi connectivity index (χ0) is 8.77. The fraction of sp³-hybridized carbons (Fsp3) is 0.333. The third-order valence-electron chi connectivity index (χ3n) is 2.28. The van der Waals surface area contributed by atoms with E-state index in [9.17, 15) is 4.39 Å². The van der Waals surface area contributed by atoms with Crippen LogP contribution in [0.15, 0.2) is 18.2 Å². The molecule has 1 aliphatic carbocycles. The molecule has 1 aromatic rings. The van der Waals surface area contributed by atoms with Crippen molar-refractivity contribution in [2.75, 3.05) is 0 Å². The van der Waals surface area contributed by atoms with E-state index in [1.165, 1.54) is 6.07 Å².